The lowest BCUT2D eigenvalue weighted by atomic mass is 10.1. The Balaban J connectivity index is 1.80. The van der Waals surface area contributed by atoms with Gasteiger partial charge in [0.25, 0.3) is 0 Å². The normalized spacial score (nSPS) is 18.9. The number of hydrogen-bond donors (Lipinski definition) is 1. The van der Waals surface area contributed by atoms with E-state index in [-0.39, 0.29) is 0 Å². The lowest BCUT2D eigenvalue weighted by Crippen LogP contribution is -2.43. The first kappa shape index (κ1) is 10.1. The van der Waals surface area contributed by atoms with Gasteiger partial charge in [0.1, 0.15) is 0 Å². The van der Waals surface area contributed by atoms with Crippen molar-refractivity contribution in [1.29, 1.82) is 0 Å². The fraction of sp³-hybridized carbons (Fsp3) is 0.500. The van der Waals surface area contributed by atoms with Crippen molar-refractivity contribution in [2.45, 2.75) is 12.2 Å². The molecular formula is C12H17NS. The summed E-state index contributed by atoms with van der Waals surface area (Å²) in [5.74, 6) is 2.20. The van der Waals surface area contributed by atoms with E-state index in [0.717, 1.165) is 5.92 Å². The second kappa shape index (κ2) is 4.85. The molecule has 1 N–H and O–H groups in total. The first-order valence-electron chi connectivity index (χ1n) is 5.23. The highest BCUT2D eigenvalue weighted by atomic mass is 32.2. The molecule has 1 unspecified atom stereocenters. The quantitative estimate of drug-likeness (QED) is 0.814. The first-order chi connectivity index (χ1) is 6.86. The van der Waals surface area contributed by atoms with E-state index in [1.807, 2.05) is 0 Å². The second-order valence-corrected chi connectivity index (χ2v) is 5.28. The van der Waals surface area contributed by atoms with Crippen LogP contribution in [-0.4, -0.2) is 18.8 Å². The molecular weight excluding hydrogens is 190 g/mol. The third-order valence-corrected chi connectivity index (χ3v) is 4.15. The zero-order valence-corrected chi connectivity index (χ0v) is 9.39. The molecule has 76 valence electrons. The van der Waals surface area contributed by atoms with Gasteiger partial charge in [-0.05, 0) is 37.2 Å². The number of hydrogen-bond acceptors (Lipinski definition) is 2. The summed E-state index contributed by atoms with van der Waals surface area (Å²) in [7, 11) is 0. The molecule has 1 saturated heterocycles. The van der Waals surface area contributed by atoms with Crippen LogP contribution in [0.2, 0.25) is 0 Å². The van der Waals surface area contributed by atoms with Gasteiger partial charge in [-0.2, -0.15) is 11.8 Å². The molecule has 1 aromatic rings. The summed E-state index contributed by atoms with van der Waals surface area (Å²) in [4.78, 5) is 0. The van der Waals surface area contributed by atoms with Gasteiger partial charge in [-0.25, -0.2) is 0 Å². The van der Waals surface area contributed by atoms with Gasteiger partial charge in [-0.15, -0.1) is 0 Å². The third kappa shape index (κ3) is 2.52. The Morgan fingerprint density at radius 1 is 1.36 bits per heavy atom. The Bertz CT molecular complexity index is 269. The summed E-state index contributed by atoms with van der Waals surface area (Å²) >= 11 is 2.07. The molecule has 0 amide bonds. The maximum absolute atomic E-state index is 3.31. The van der Waals surface area contributed by atoms with Crippen molar-refractivity contribution in [3.8, 4) is 0 Å². The van der Waals surface area contributed by atoms with Crippen LogP contribution in [-0.2, 0) is 0 Å². The van der Waals surface area contributed by atoms with E-state index in [1.165, 1.54) is 24.4 Å². The number of nitrogens with one attached hydrogen (secondary N) is 1. The van der Waals surface area contributed by atoms with Gasteiger partial charge >= 0.3 is 0 Å². The SMILES string of the molecule is CC(SCC1CNC1)c1ccccc1. The van der Waals surface area contributed by atoms with Gasteiger partial charge in [-0.1, -0.05) is 30.3 Å². The Hall–Kier alpha value is -0.470. The Morgan fingerprint density at radius 2 is 2.07 bits per heavy atom. The maximum atomic E-state index is 3.31. The minimum Gasteiger partial charge on any atom is -0.316 e. The van der Waals surface area contributed by atoms with Gasteiger partial charge in [0.2, 0.25) is 0 Å². The van der Waals surface area contributed by atoms with Crippen molar-refractivity contribution in [3.05, 3.63) is 35.9 Å². The highest BCUT2D eigenvalue weighted by Crippen LogP contribution is 2.29. The fourth-order valence-corrected chi connectivity index (χ4v) is 2.71. The summed E-state index contributed by atoms with van der Waals surface area (Å²) in [5, 5.41) is 3.95. The van der Waals surface area contributed by atoms with E-state index in [9.17, 15) is 0 Å². The molecule has 0 spiro atoms. The largest absolute Gasteiger partial charge is 0.316 e. The minimum absolute atomic E-state index is 0.636. The summed E-state index contributed by atoms with van der Waals surface area (Å²) < 4.78 is 0. The van der Waals surface area contributed by atoms with Gasteiger partial charge in [-0.3, -0.25) is 0 Å². The van der Waals surface area contributed by atoms with Crippen LogP contribution in [0, 0.1) is 5.92 Å². The van der Waals surface area contributed by atoms with Crippen LogP contribution in [0.1, 0.15) is 17.7 Å². The van der Waals surface area contributed by atoms with Gasteiger partial charge < -0.3 is 5.32 Å². The summed E-state index contributed by atoms with van der Waals surface area (Å²) in [6.45, 7) is 4.73. The van der Waals surface area contributed by atoms with Crippen LogP contribution in [0.3, 0.4) is 0 Å². The van der Waals surface area contributed by atoms with Crippen molar-refractivity contribution in [1.82, 2.24) is 5.32 Å². The van der Waals surface area contributed by atoms with E-state index in [1.54, 1.807) is 0 Å². The molecule has 0 radical (unpaired) electrons. The highest BCUT2D eigenvalue weighted by Gasteiger charge is 2.17. The molecule has 1 aliphatic rings. The molecule has 1 heterocycles. The van der Waals surface area contributed by atoms with Crippen molar-refractivity contribution in [2.24, 2.45) is 5.92 Å². The van der Waals surface area contributed by atoms with E-state index < -0.39 is 0 Å². The van der Waals surface area contributed by atoms with Crippen LogP contribution in [0.25, 0.3) is 0 Å². The number of rotatable bonds is 4. The van der Waals surface area contributed by atoms with Crippen LogP contribution < -0.4 is 5.32 Å². The Labute approximate surface area is 90.3 Å². The minimum atomic E-state index is 0.636. The third-order valence-electron chi connectivity index (χ3n) is 2.72. The molecule has 0 aliphatic carbocycles. The van der Waals surface area contributed by atoms with Gasteiger partial charge in [0.05, 0.1) is 0 Å². The monoisotopic (exact) mass is 207 g/mol. The zero-order valence-electron chi connectivity index (χ0n) is 8.57. The molecule has 1 aromatic carbocycles. The predicted octanol–water partition coefficient (Wildman–Crippen LogP) is 2.70. The smallest absolute Gasteiger partial charge is 0.0269 e. The lowest BCUT2D eigenvalue weighted by molar-refractivity contribution is 0.385. The van der Waals surface area contributed by atoms with Gasteiger partial charge in [0, 0.05) is 5.25 Å². The second-order valence-electron chi connectivity index (χ2n) is 3.91. The van der Waals surface area contributed by atoms with E-state index in [2.05, 4.69) is 54.3 Å². The molecule has 1 fully saturated rings. The van der Waals surface area contributed by atoms with Crippen molar-refractivity contribution in [3.63, 3.8) is 0 Å². The molecule has 0 bridgehead atoms. The van der Waals surface area contributed by atoms with E-state index in [4.69, 9.17) is 0 Å². The predicted molar refractivity (Wildman–Crippen MR) is 63.7 cm³/mol. The number of thioether (sulfide) groups is 1. The average molecular weight is 207 g/mol. The molecule has 1 aliphatic heterocycles. The summed E-state index contributed by atoms with van der Waals surface area (Å²) in [6, 6.07) is 10.8. The van der Waals surface area contributed by atoms with Gasteiger partial charge in [0.15, 0.2) is 0 Å². The van der Waals surface area contributed by atoms with Crippen molar-refractivity contribution < 1.29 is 0 Å². The zero-order chi connectivity index (χ0) is 9.80. The molecule has 0 saturated carbocycles. The molecule has 1 nitrogen and oxygen atoms in total. The topological polar surface area (TPSA) is 12.0 Å². The van der Waals surface area contributed by atoms with Crippen LogP contribution in [0.5, 0.6) is 0 Å². The number of benzene rings is 1. The van der Waals surface area contributed by atoms with Crippen LogP contribution in [0.15, 0.2) is 30.3 Å². The Morgan fingerprint density at radius 3 is 2.64 bits per heavy atom. The van der Waals surface area contributed by atoms with Crippen LogP contribution >= 0.6 is 11.8 Å². The summed E-state index contributed by atoms with van der Waals surface area (Å²) in [6.07, 6.45) is 0. The lowest BCUT2D eigenvalue weighted by Gasteiger charge is -2.27. The average Bonchev–Trinajstić information content (AvgIpc) is 2.16. The standard InChI is InChI=1S/C12H17NS/c1-10(12-5-3-2-4-6-12)14-9-11-7-13-8-11/h2-6,10-11,13H,7-9H2,1H3. The molecule has 1 atom stereocenters. The van der Waals surface area contributed by atoms with Crippen LogP contribution in [0.4, 0.5) is 0 Å². The fourth-order valence-electron chi connectivity index (χ4n) is 1.57. The highest BCUT2D eigenvalue weighted by molar-refractivity contribution is 7.99. The van der Waals surface area contributed by atoms with Crippen molar-refractivity contribution in [2.75, 3.05) is 18.8 Å². The Kier molecular flexibility index (Phi) is 3.49. The molecule has 2 heteroatoms. The van der Waals surface area contributed by atoms with E-state index in [0.29, 0.717) is 5.25 Å². The summed E-state index contributed by atoms with van der Waals surface area (Å²) in [5.41, 5.74) is 1.45. The molecule has 14 heavy (non-hydrogen) atoms. The van der Waals surface area contributed by atoms with Crippen molar-refractivity contribution >= 4 is 11.8 Å². The first-order valence-corrected chi connectivity index (χ1v) is 6.28. The molecule has 2 rings (SSSR count). The molecule has 0 aromatic heterocycles. The van der Waals surface area contributed by atoms with E-state index >= 15 is 0 Å². The maximum Gasteiger partial charge on any atom is 0.0269 e.